The van der Waals surface area contributed by atoms with E-state index < -0.39 is 5.41 Å². The van der Waals surface area contributed by atoms with Crippen LogP contribution in [0, 0.1) is 11.3 Å². The van der Waals surface area contributed by atoms with Crippen LogP contribution >= 0.6 is 11.8 Å². The molecule has 2 amide bonds. The average Bonchev–Trinajstić information content (AvgIpc) is 2.79. The Hall–Kier alpha value is -2.47. The molecule has 0 aliphatic carbocycles. The summed E-state index contributed by atoms with van der Waals surface area (Å²) in [5.41, 5.74) is 0.787. The Balaban J connectivity index is 1.70. The Morgan fingerprint density at radius 1 is 1.20 bits per heavy atom. The molecule has 0 aromatic heterocycles. The predicted octanol–water partition coefficient (Wildman–Crippen LogP) is 5.22. The van der Waals surface area contributed by atoms with Gasteiger partial charge >= 0.3 is 0 Å². The third-order valence-electron chi connectivity index (χ3n) is 4.83. The molecule has 5 nitrogen and oxygen atoms in total. The Kier molecular flexibility index (Phi) is 7.08. The maximum absolute atomic E-state index is 13.1. The Morgan fingerprint density at radius 2 is 1.93 bits per heavy atom. The summed E-state index contributed by atoms with van der Waals surface area (Å²) in [5, 5.41) is 2.96. The molecule has 1 aliphatic heterocycles. The molecule has 30 heavy (non-hydrogen) atoms. The number of anilines is 2. The van der Waals surface area contributed by atoms with E-state index in [2.05, 4.69) is 19.2 Å². The standard InChI is InChI=1S/C24H30N2O3S/c1-17(2)15-26-20-14-18(10-11-21(20)29-16-24(3,4)23(26)28)25-22(27)12-13-30-19-8-6-5-7-9-19/h5-11,14,17H,12-13,15-16H2,1-4H3,(H,25,27). The molecule has 1 N–H and O–H groups in total. The minimum atomic E-state index is -0.605. The van der Waals surface area contributed by atoms with Gasteiger partial charge in [-0.1, -0.05) is 32.0 Å². The van der Waals surface area contributed by atoms with Crippen molar-refractivity contribution >= 4 is 35.0 Å². The summed E-state index contributed by atoms with van der Waals surface area (Å²) in [6.07, 6.45) is 0.412. The number of carbonyl (C=O) groups is 2. The van der Waals surface area contributed by atoms with Crippen LogP contribution in [0.15, 0.2) is 53.4 Å². The summed E-state index contributed by atoms with van der Waals surface area (Å²) in [4.78, 5) is 28.5. The molecule has 0 saturated heterocycles. The second-order valence-corrected chi connectivity index (χ2v) is 9.79. The van der Waals surface area contributed by atoms with Gasteiger partial charge in [-0.15, -0.1) is 11.8 Å². The molecule has 1 heterocycles. The van der Waals surface area contributed by atoms with Gasteiger partial charge in [0.1, 0.15) is 12.4 Å². The zero-order valence-corrected chi connectivity index (χ0v) is 18.9. The van der Waals surface area contributed by atoms with Gasteiger partial charge < -0.3 is 15.0 Å². The molecule has 0 fully saturated rings. The Bertz CT molecular complexity index is 897. The van der Waals surface area contributed by atoms with E-state index >= 15 is 0 Å². The lowest BCUT2D eigenvalue weighted by Gasteiger charge is -2.29. The molecular weight excluding hydrogens is 396 g/mol. The minimum Gasteiger partial charge on any atom is -0.490 e. The molecule has 3 rings (SSSR count). The number of carbonyl (C=O) groups excluding carboxylic acids is 2. The van der Waals surface area contributed by atoms with Crippen molar-refractivity contribution in [2.75, 3.05) is 29.1 Å². The smallest absolute Gasteiger partial charge is 0.236 e. The van der Waals surface area contributed by atoms with E-state index in [1.165, 1.54) is 0 Å². The lowest BCUT2D eigenvalue weighted by atomic mass is 9.92. The summed E-state index contributed by atoms with van der Waals surface area (Å²) < 4.78 is 5.94. The van der Waals surface area contributed by atoms with Crippen LogP contribution in [0.1, 0.15) is 34.1 Å². The highest BCUT2D eigenvalue weighted by Crippen LogP contribution is 2.38. The van der Waals surface area contributed by atoms with Crippen LogP contribution in [-0.4, -0.2) is 30.7 Å². The number of nitrogens with one attached hydrogen (secondary N) is 1. The van der Waals surface area contributed by atoms with E-state index in [-0.39, 0.29) is 11.8 Å². The van der Waals surface area contributed by atoms with Crippen molar-refractivity contribution in [3.05, 3.63) is 48.5 Å². The maximum atomic E-state index is 13.1. The van der Waals surface area contributed by atoms with Gasteiger partial charge in [-0.3, -0.25) is 9.59 Å². The first-order chi connectivity index (χ1) is 14.3. The summed E-state index contributed by atoms with van der Waals surface area (Å²) in [5.74, 6) is 1.68. The molecule has 0 bridgehead atoms. The molecule has 6 heteroatoms. The Morgan fingerprint density at radius 3 is 2.63 bits per heavy atom. The number of nitrogens with zero attached hydrogens (tertiary/aromatic N) is 1. The highest BCUT2D eigenvalue weighted by Gasteiger charge is 2.38. The van der Waals surface area contributed by atoms with Crippen LogP contribution in [0.4, 0.5) is 11.4 Å². The first-order valence-electron chi connectivity index (χ1n) is 10.3. The molecule has 160 valence electrons. The fourth-order valence-electron chi connectivity index (χ4n) is 3.27. The lowest BCUT2D eigenvalue weighted by molar-refractivity contribution is -0.127. The summed E-state index contributed by atoms with van der Waals surface area (Å²) in [6.45, 7) is 8.91. The van der Waals surface area contributed by atoms with Gasteiger partial charge in [0.15, 0.2) is 0 Å². The third-order valence-corrected chi connectivity index (χ3v) is 5.85. The van der Waals surface area contributed by atoms with E-state index in [1.54, 1.807) is 16.7 Å². The van der Waals surface area contributed by atoms with Crippen LogP contribution in [0.5, 0.6) is 5.75 Å². The number of amides is 2. The summed E-state index contributed by atoms with van der Waals surface area (Å²) in [7, 11) is 0. The molecule has 2 aromatic carbocycles. The van der Waals surface area contributed by atoms with Crippen molar-refractivity contribution in [2.24, 2.45) is 11.3 Å². The normalized spacial score (nSPS) is 15.4. The SMILES string of the molecule is CC(C)CN1C(=O)C(C)(C)COc2ccc(NC(=O)CCSc3ccccc3)cc21. The second-order valence-electron chi connectivity index (χ2n) is 8.62. The average molecular weight is 427 g/mol. The molecule has 0 saturated carbocycles. The fourth-order valence-corrected chi connectivity index (χ4v) is 4.14. The van der Waals surface area contributed by atoms with E-state index in [4.69, 9.17) is 4.74 Å². The van der Waals surface area contributed by atoms with Crippen molar-refractivity contribution in [3.8, 4) is 5.75 Å². The largest absolute Gasteiger partial charge is 0.490 e. The zero-order valence-electron chi connectivity index (χ0n) is 18.1. The van der Waals surface area contributed by atoms with E-state index in [0.717, 1.165) is 10.6 Å². The molecule has 1 aliphatic rings. The Labute approximate surface area is 183 Å². The van der Waals surface area contributed by atoms with Crippen LogP contribution in [0.3, 0.4) is 0 Å². The highest BCUT2D eigenvalue weighted by atomic mass is 32.2. The monoisotopic (exact) mass is 426 g/mol. The number of hydrogen-bond acceptors (Lipinski definition) is 4. The summed E-state index contributed by atoms with van der Waals surface area (Å²) in [6, 6.07) is 15.6. The quantitative estimate of drug-likeness (QED) is 0.617. The topological polar surface area (TPSA) is 58.6 Å². The van der Waals surface area contributed by atoms with Gasteiger partial charge in [0.05, 0.1) is 11.1 Å². The zero-order chi connectivity index (χ0) is 21.7. The predicted molar refractivity (Wildman–Crippen MR) is 123 cm³/mol. The van der Waals surface area contributed by atoms with Gasteiger partial charge in [-0.25, -0.2) is 0 Å². The maximum Gasteiger partial charge on any atom is 0.236 e. The highest BCUT2D eigenvalue weighted by molar-refractivity contribution is 7.99. The van der Waals surface area contributed by atoms with E-state index in [1.807, 2.05) is 62.4 Å². The fraction of sp³-hybridized carbons (Fsp3) is 0.417. The second kappa shape index (κ2) is 9.56. The van der Waals surface area contributed by atoms with Gasteiger partial charge in [-0.2, -0.15) is 0 Å². The minimum absolute atomic E-state index is 0.0395. The third kappa shape index (κ3) is 5.57. The lowest BCUT2D eigenvalue weighted by Crippen LogP contribution is -2.43. The number of benzene rings is 2. The summed E-state index contributed by atoms with van der Waals surface area (Å²) >= 11 is 1.66. The molecule has 0 atom stereocenters. The molecule has 0 radical (unpaired) electrons. The number of hydrogen-bond donors (Lipinski definition) is 1. The van der Waals surface area contributed by atoms with E-state index in [0.29, 0.717) is 42.7 Å². The number of ether oxygens (including phenoxy) is 1. The van der Waals surface area contributed by atoms with Crippen molar-refractivity contribution in [1.82, 2.24) is 0 Å². The van der Waals surface area contributed by atoms with Crippen LogP contribution in [0.2, 0.25) is 0 Å². The van der Waals surface area contributed by atoms with Gasteiger partial charge in [0, 0.05) is 29.3 Å². The number of rotatable bonds is 7. The van der Waals surface area contributed by atoms with Crippen LogP contribution in [-0.2, 0) is 9.59 Å². The molecule has 0 unspecified atom stereocenters. The van der Waals surface area contributed by atoms with Crippen LogP contribution in [0.25, 0.3) is 0 Å². The van der Waals surface area contributed by atoms with E-state index in [9.17, 15) is 9.59 Å². The van der Waals surface area contributed by atoms with Gasteiger partial charge in [-0.05, 0) is 50.1 Å². The van der Waals surface area contributed by atoms with Gasteiger partial charge in [0.25, 0.3) is 0 Å². The van der Waals surface area contributed by atoms with Crippen molar-refractivity contribution < 1.29 is 14.3 Å². The number of thioether (sulfide) groups is 1. The van der Waals surface area contributed by atoms with Crippen molar-refractivity contribution in [3.63, 3.8) is 0 Å². The first kappa shape index (κ1) is 22.2. The van der Waals surface area contributed by atoms with Gasteiger partial charge in [0.2, 0.25) is 11.8 Å². The first-order valence-corrected chi connectivity index (χ1v) is 11.3. The molecule has 2 aromatic rings. The van der Waals surface area contributed by atoms with Crippen molar-refractivity contribution in [2.45, 2.75) is 39.0 Å². The number of fused-ring (bicyclic) bond motifs is 1. The molecular formula is C24H30N2O3S. The van der Waals surface area contributed by atoms with Crippen molar-refractivity contribution in [1.29, 1.82) is 0 Å². The molecule has 0 spiro atoms. The van der Waals surface area contributed by atoms with Crippen LogP contribution < -0.4 is 15.0 Å².